The van der Waals surface area contributed by atoms with E-state index in [0.717, 1.165) is 29.7 Å². The lowest BCUT2D eigenvalue weighted by Gasteiger charge is -2.04. The summed E-state index contributed by atoms with van der Waals surface area (Å²) in [6.07, 6.45) is 1.87. The van der Waals surface area contributed by atoms with Crippen molar-refractivity contribution in [1.29, 1.82) is 0 Å². The lowest BCUT2D eigenvalue weighted by atomic mass is 10.3. The maximum absolute atomic E-state index is 12.0. The van der Waals surface area contributed by atoms with Crippen LogP contribution in [0.2, 0.25) is 0 Å². The molecule has 2 N–H and O–H groups in total. The highest BCUT2D eigenvalue weighted by molar-refractivity contribution is 7.89. The molecule has 1 saturated carbocycles. The standard InChI is InChI=1S/C11H13N3O2S/c1-7-12-10-5-4-9(6-11(10)13-7)17(15,16)14-8-2-3-8/h4-6,8,14H,2-3H2,1H3,(H,12,13). The summed E-state index contributed by atoms with van der Waals surface area (Å²) < 4.78 is 26.6. The van der Waals surface area contributed by atoms with Crippen molar-refractivity contribution >= 4 is 21.1 Å². The van der Waals surface area contributed by atoms with Crippen LogP contribution in [0.1, 0.15) is 18.7 Å². The van der Waals surface area contributed by atoms with Crippen LogP contribution >= 0.6 is 0 Å². The third kappa shape index (κ3) is 2.05. The maximum atomic E-state index is 12.0. The zero-order valence-electron chi connectivity index (χ0n) is 9.40. The van der Waals surface area contributed by atoms with Crippen molar-refractivity contribution in [2.75, 3.05) is 0 Å². The van der Waals surface area contributed by atoms with E-state index in [1.807, 2.05) is 6.92 Å². The van der Waals surface area contributed by atoms with Gasteiger partial charge < -0.3 is 4.98 Å². The highest BCUT2D eigenvalue weighted by Crippen LogP contribution is 2.23. The molecule has 1 aromatic carbocycles. The minimum absolute atomic E-state index is 0.124. The summed E-state index contributed by atoms with van der Waals surface area (Å²) in [5, 5.41) is 0. The Labute approximate surface area is 99.3 Å². The molecule has 0 bridgehead atoms. The van der Waals surface area contributed by atoms with E-state index in [1.165, 1.54) is 0 Å². The van der Waals surface area contributed by atoms with Crippen molar-refractivity contribution in [3.05, 3.63) is 24.0 Å². The van der Waals surface area contributed by atoms with Crippen LogP contribution in [0.25, 0.3) is 11.0 Å². The molecule has 1 fully saturated rings. The third-order valence-corrected chi connectivity index (χ3v) is 4.30. The van der Waals surface area contributed by atoms with Crippen LogP contribution < -0.4 is 4.72 Å². The number of sulfonamides is 1. The molecule has 0 radical (unpaired) electrons. The van der Waals surface area contributed by atoms with Gasteiger partial charge in [0.15, 0.2) is 0 Å². The molecule has 1 aromatic heterocycles. The molecule has 90 valence electrons. The quantitative estimate of drug-likeness (QED) is 0.863. The normalized spacial score (nSPS) is 16.5. The van der Waals surface area contributed by atoms with Gasteiger partial charge in [-0.15, -0.1) is 0 Å². The number of hydrogen-bond acceptors (Lipinski definition) is 3. The fourth-order valence-electron chi connectivity index (χ4n) is 1.77. The molecule has 0 unspecified atom stereocenters. The number of rotatable bonds is 3. The predicted molar refractivity (Wildman–Crippen MR) is 64.2 cm³/mol. The minimum atomic E-state index is -3.38. The molecule has 5 nitrogen and oxygen atoms in total. The van der Waals surface area contributed by atoms with Crippen molar-refractivity contribution in [3.8, 4) is 0 Å². The number of aromatic amines is 1. The largest absolute Gasteiger partial charge is 0.342 e. The number of H-pyrrole nitrogens is 1. The molecule has 0 atom stereocenters. The van der Waals surface area contributed by atoms with Crippen LogP contribution in [0.3, 0.4) is 0 Å². The average molecular weight is 251 g/mol. The molecule has 1 heterocycles. The Bertz CT molecular complexity index is 671. The van der Waals surface area contributed by atoms with Crippen LogP contribution in [-0.2, 0) is 10.0 Å². The van der Waals surface area contributed by atoms with Gasteiger partial charge in [-0.05, 0) is 38.0 Å². The second-order valence-electron chi connectivity index (χ2n) is 4.40. The lowest BCUT2D eigenvalue weighted by Crippen LogP contribution is -2.25. The van der Waals surface area contributed by atoms with E-state index in [-0.39, 0.29) is 6.04 Å². The molecule has 1 aliphatic carbocycles. The summed E-state index contributed by atoms with van der Waals surface area (Å²) in [5.74, 6) is 0.782. The summed E-state index contributed by atoms with van der Waals surface area (Å²) in [6.45, 7) is 1.84. The van der Waals surface area contributed by atoms with Crippen molar-refractivity contribution < 1.29 is 8.42 Å². The maximum Gasteiger partial charge on any atom is 0.240 e. The fourth-order valence-corrected chi connectivity index (χ4v) is 3.10. The number of fused-ring (bicyclic) bond motifs is 1. The van der Waals surface area contributed by atoms with Crippen LogP contribution in [0.5, 0.6) is 0 Å². The first-order chi connectivity index (χ1) is 8.04. The van der Waals surface area contributed by atoms with Gasteiger partial charge in [-0.1, -0.05) is 0 Å². The van der Waals surface area contributed by atoms with E-state index < -0.39 is 10.0 Å². The van der Waals surface area contributed by atoms with Crippen molar-refractivity contribution in [2.45, 2.75) is 30.7 Å². The Morgan fingerprint density at radius 3 is 2.88 bits per heavy atom. The van der Waals surface area contributed by atoms with Gasteiger partial charge in [0, 0.05) is 6.04 Å². The Balaban J connectivity index is 2.04. The van der Waals surface area contributed by atoms with Crippen LogP contribution in [0.15, 0.2) is 23.1 Å². The first-order valence-electron chi connectivity index (χ1n) is 5.53. The lowest BCUT2D eigenvalue weighted by molar-refractivity contribution is 0.581. The van der Waals surface area contributed by atoms with Gasteiger partial charge in [0.05, 0.1) is 15.9 Å². The van der Waals surface area contributed by atoms with Crippen LogP contribution in [0, 0.1) is 6.92 Å². The topological polar surface area (TPSA) is 74.8 Å². The minimum Gasteiger partial charge on any atom is -0.342 e. The third-order valence-electron chi connectivity index (χ3n) is 2.78. The molecule has 0 aliphatic heterocycles. The summed E-state index contributed by atoms with van der Waals surface area (Å²) in [7, 11) is -3.38. The van der Waals surface area contributed by atoms with Crippen molar-refractivity contribution in [1.82, 2.24) is 14.7 Å². The fraction of sp³-hybridized carbons (Fsp3) is 0.364. The van der Waals surface area contributed by atoms with Crippen molar-refractivity contribution in [2.24, 2.45) is 0 Å². The van der Waals surface area contributed by atoms with Crippen LogP contribution in [0.4, 0.5) is 0 Å². The van der Waals surface area contributed by atoms with Gasteiger partial charge in [-0.2, -0.15) is 0 Å². The van der Waals surface area contributed by atoms with E-state index >= 15 is 0 Å². The predicted octanol–water partition coefficient (Wildman–Crippen LogP) is 1.31. The monoisotopic (exact) mass is 251 g/mol. The van der Waals surface area contributed by atoms with E-state index in [0.29, 0.717) is 4.90 Å². The first kappa shape index (κ1) is 10.7. The van der Waals surface area contributed by atoms with Gasteiger partial charge >= 0.3 is 0 Å². The highest BCUT2D eigenvalue weighted by Gasteiger charge is 2.28. The molecular weight excluding hydrogens is 238 g/mol. The molecule has 0 saturated heterocycles. The first-order valence-corrected chi connectivity index (χ1v) is 7.02. The van der Waals surface area contributed by atoms with Gasteiger partial charge in [0.2, 0.25) is 10.0 Å². The summed E-state index contributed by atoms with van der Waals surface area (Å²) >= 11 is 0. The molecule has 17 heavy (non-hydrogen) atoms. The van der Waals surface area contributed by atoms with Gasteiger partial charge in [-0.3, -0.25) is 0 Å². The summed E-state index contributed by atoms with van der Waals surface area (Å²) in [6, 6.07) is 5.06. The van der Waals surface area contributed by atoms with Crippen molar-refractivity contribution in [3.63, 3.8) is 0 Å². The number of benzene rings is 1. The Morgan fingerprint density at radius 2 is 2.18 bits per heavy atom. The number of nitrogens with one attached hydrogen (secondary N) is 2. The number of nitrogens with zero attached hydrogens (tertiary/aromatic N) is 1. The molecule has 0 amide bonds. The van der Waals surface area contributed by atoms with E-state index in [1.54, 1.807) is 18.2 Å². The molecule has 0 spiro atoms. The Kier molecular flexibility index (Phi) is 2.24. The molecular formula is C11H13N3O2S. The number of aromatic nitrogens is 2. The van der Waals surface area contributed by atoms with E-state index in [9.17, 15) is 8.42 Å². The van der Waals surface area contributed by atoms with E-state index in [4.69, 9.17) is 0 Å². The zero-order chi connectivity index (χ0) is 12.0. The molecule has 2 aromatic rings. The molecule has 6 heteroatoms. The number of hydrogen-bond donors (Lipinski definition) is 2. The number of imidazole rings is 1. The average Bonchev–Trinajstić information content (AvgIpc) is 2.95. The van der Waals surface area contributed by atoms with Gasteiger partial charge in [-0.25, -0.2) is 18.1 Å². The molecule has 1 aliphatic rings. The van der Waals surface area contributed by atoms with Gasteiger partial charge in [0.25, 0.3) is 0 Å². The van der Waals surface area contributed by atoms with Gasteiger partial charge in [0.1, 0.15) is 5.82 Å². The van der Waals surface area contributed by atoms with E-state index in [2.05, 4.69) is 14.7 Å². The van der Waals surface area contributed by atoms with Crippen LogP contribution in [-0.4, -0.2) is 24.4 Å². The summed E-state index contributed by atoms with van der Waals surface area (Å²) in [5.41, 5.74) is 1.54. The Morgan fingerprint density at radius 1 is 1.41 bits per heavy atom. The molecule has 3 rings (SSSR count). The summed E-state index contributed by atoms with van der Waals surface area (Å²) in [4.78, 5) is 7.57. The zero-order valence-corrected chi connectivity index (χ0v) is 10.2. The smallest absolute Gasteiger partial charge is 0.240 e. The Hall–Kier alpha value is -1.40. The SMILES string of the molecule is Cc1nc2ccc(S(=O)(=O)NC3CC3)cc2[nH]1. The number of aryl methyl sites for hydroxylation is 1. The second kappa shape index (κ2) is 3.54. The second-order valence-corrected chi connectivity index (χ2v) is 6.11. The highest BCUT2D eigenvalue weighted by atomic mass is 32.2.